The van der Waals surface area contributed by atoms with E-state index in [9.17, 15) is 4.79 Å². The van der Waals surface area contributed by atoms with Gasteiger partial charge in [-0.3, -0.25) is 9.48 Å². The van der Waals surface area contributed by atoms with Crippen LogP contribution in [0.1, 0.15) is 61.4 Å². The molecule has 3 aromatic rings. The molecule has 2 aromatic heterocycles. The van der Waals surface area contributed by atoms with Crippen LogP contribution >= 0.6 is 0 Å². The molecule has 2 fully saturated rings. The minimum atomic E-state index is -0.0485. The fourth-order valence-corrected chi connectivity index (χ4v) is 4.53. The zero-order valence-electron chi connectivity index (χ0n) is 21.2. The number of nitrogens with two attached hydrogens (primary N) is 1. The van der Waals surface area contributed by atoms with E-state index < -0.39 is 0 Å². The summed E-state index contributed by atoms with van der Waals surface area (Å²) in [7, 11) is 2.12. The lowest BCUT2D eigenvalue weighted by atomic mass is 10.0. The number of carbonyl (C=O) groups is 1. The quantitative estimate of drug-likeness (QED) is 0.369. The second kappa shape index (κ2) is 10.7. The van der Waals surface area contributed by atoms with E-state index in [1.54, 1.807) is 6.20 Å². The minimum Gasteiger partial charge on any atom is -0.490 e. The normalized spacial score (nSPS) is 16.8. The first-order chi connectivity index (χ1) is 17.5. The lowest BCUT2D eigenvalue weighted by molar-refractivity contribution is 0.0916. The van der Waals surface area contributed by atoms with Crippen LogP contribution in [0.2, 0.25) is 0 Å². The highest BCUT2D eigenvalue weighted by Gasteiger charge is 2.26. The molecule has 1 saturated carbocycles. The highest BCUT2D eigenvalue weighted by atomic mass is 16.5. The Morgan fingerprint density at radius 3 is 2.75 bits per heavy atom. The average Bonchev–Trinajstić information content (AvgIpc) is 3.59. The second-order valence-electron chi connectivity index (χ2n) is 9.94. The monoisotopic (exact) mass is 492 g/mol. The maximum Gasteiger partial charge on any atom is 0.251 e. The van der Waals surface area contributed by atoms with Gasteiger partial charge in [-0.2, -0.15) is 10.1 Å². The third kappa shape index (κ3) is 5.70. The number of aromatic nitrogens is 4. The molecule has 0 bridgehead atoms. The second-order valence-corrected chi connectivity index (χ2v) is 9.94. The zero-order valence-corrected chi connectivity index (χ0v) is 21.2. The number of benzene rings is 1. The summed E-state index contributed by atoms with van der Waals surface area (Å²) >= 11 is 0. The number of nitrogen functional groups attached to an aromatic ring is 1. The number of nitrogens with one attached hydrogen (secondary N) is 2. The molecule has 1 aromatic carbocycles. The number of hydrogen-bond donors (Lipinski definition) is 3. The molecular weight excluding hydrogens is 456 g/mol. The van der Waals surface area contributed by atoms with Crippen LogP contribution in [-0.2, 0) is 6.54 Å². The predicted octanol–water partition coefficient (Wildman–Crippen LogP) is 3.03. The van der Waals surface area contributed by atoms with E-state index in [4.69, 9.17) is 10.5 Å². The topological polar surface area (TPSA) is 123 Å². The number of ether oxygens (including phenoxy) is 1. The van der Waals surface area contributed by atoms with Gasteiger partial charge in [0, 0.05) is 23.7 Å². The number of piperidine rings is 1. The summed E-state index contributed by atoms with van der Waals surface area (Å²) in [5, 5.41) is 11.2. The molecule has 36 heavy (non-hydrogen) atoms. The van der Waals surface area contributed by atoms with E-state index in [0.29, 0.717) is 23.4 Å². The first kappa shape index (κ1) is 24.3. The number of amides is 1. The van der Waals surface area contributed by atoms with E-state index in [0.717, 1.165) is 75.0 Å². The van der Waals surface area contributed by atoms with E-state index in [1.807, 2.05) is 22.9 Å². The first-order valence-electron chi connectivity index (χ1n) is 13.0. The van der Waals surface area contributed by atoms with Crippen molar-refractivity contribution in [1.29, 1.82) is 0 Å². The molecule has 3 heterocycles. The van der Waals surface area contributed by atoms with Crippen molar-refractivity contribution in [2.45, 2.75) is 64.1 Å². The van der Waals surface area contributed by atoms with Gasteiger partial charge in [-0.1, -0.05) is 19.4 Å². The summed E-state index contributed by atoms with van der Waals surface area (Å²) in [6.07, 6.45) is 8.04. The van der Waals surface area contributed by atoms with Crippen molar-refractivity contribution in [3.8, 4) is 5.75 Å². The molecule has 10 nitrogen and oxygen atoms in total. The van der Waals surface area contributed by atoms with Crippen LogP contribution in [-0.4, -0.2) is 69.4 Å². The SMILES string of the molecule is CCCCNc1nc(N)nc2cnn(Cc3ccc(C(=O)NC4CCN(C)CC4)cc3OC3CC3)c12. The number of rotatable bonds is 10. The van der Waals surface area contributed by atoms with Gasteiger partial charge in [0.05, 0.1) is 18.8 Å². The molecule has 0 unspecified atom stereocenters. The largest absolute Gasteiger partial charge is 0.490 e. The molecule has 1 aliphatic carbocycles. The van der Waals surface area contributed by atoms with Gasteiger partial charge >= 0.3 is 0 Å². The Hall–Kier alpha value is -3.40. The molecule has 2 aliphatic rings. The predicted molar refractivity (Wildman–Crippen MR) is 140 cm³/mol. The summed E-state index contributed by atoms with van der Waals surface area (Å²) in [6, 6.07) is 5.93. The Morgan fingerprint density at radius 2 is 2.00 bits per heavy atom. The van der Waals surface area contributed by atoms with Gasteiger partial charge in [0.2, 0.25) is 5.95 Å². The number of fused-ring (bicyclic) bond motifs is 1. The van der Waals surface area contributed by atoms with Crippen molar-refractivity contribution in [1.82, 2.24) is 30.0 Å². The minimum absolute atomic E-state index is 0.0485. The Kier molecular flexibility index (Phi) is 7.22. The summed E-state index contributed by atoms with van der Waals surface area (Å²) in [4.78, 5) is 24.1. The van der Waals surface area contributed by atoms with Gasteiger partial charge in [-0.05, 0) is 64.4 Å². The molecule has 10 heteroatoms. The van der Waals surface area contributed by atoms with Crippen LogP contribution in [0.5, 0.6) is 5.75 Å². The van der Waals surface area contributed by atoms with E-state index in [1.165, 1.54) is 0 Å². The van der Waals surface area contributed by atoms with Crippen LogP contribution in [0.15, 0.2) is 24.4 Å². The van der Waals surface area contributed by atoms with Crippen LogP contribution in [0.4, 0.5) is 11.8 Å². The molecule has 0 atom stereocenters. The lowest BCUT2D eigenvalue weighted by Gasteiger charge is -2.29. The summed E-state index contributed by atoms with van der Waals surface area (Å²) in [5.74, 6) is 1.59. The number of unbranched alkanes of at least 4 members (excludes halogenated alkanes) is 1. The molecule has 4 N–H and O–H groups in total. The third-order valence-corrected chi connectivity index (χ3v) is 6.85. The summed E-state index contributed by atoms with van der Waals surface area (Å²) in [6.45, 7) is 5.42. The Balaban J connectivity index is 1.38. The standard InChI is InChI=1S/C26H36N8O2/c1-3-4-11-28-24-23-21(31-26(27)32-24)15-29-34(23)16-18-6-5-17(14-22(18)36-20-7-8-20)25(35)30-19-9-12-33(2)13-10-19/h5-6,14-15,19-20H,3-4,7-13,16H2,1-2H3,(H,30,35)(H3,27,28,31,32). The first-order valence-corrected chi connectivity index (χ1v) is 13.0. The molecule has 0 radical (unpaired) electrons. The molecule has 1 saturated heterocycles. The van der Waals surface area contributed by atoms with E-state index in [-0.39, 0.29) is 24.0 Å². The maximum absolute atomic E-state index is 13.0. The molecule has 0 spiro atoms. The van der Waals surface area contributed by atoms with Gasteiger partial charge in [0.15, 0.2) is 5.82 Å². The number of hydrogen-bond acceptors (Lipinski definition) is 8. The van der Waals surface area contributed by atoms with Crippen LogP contribution in [0.3, 0.4) is 0 Å². The number of likely N-dealkylation sites (tertiary alicyclic amines) is 1. The zero-order chi connectivity index (χ0) is 25.1. The van der Waals surface area contributed by atoms with Gasteiger partial charge in [0.1, 0.15) is 16.8 Å². The lowest BCUT2D eigenvalue weighted by Crippen LogP contribution is -2.43. The van der Waals surface area contributed by atoms with Crippen LogP contribution in [0, 0.1) is 0 Å². The van der Waals surface area contributed by atoms with E-state index in [2.05, 4.69) is 44.6 Å². The number of anilines is 2. The number of carbonyl (C=O) groups excluding carboxylic acids is 1. The average molecular weight is 493 g/mol. The van der Waals surface area contributed by atoms with Crippen molar-refractivity contribution < 1.29 is 9.53 Å². The smallest absolute Gasteiger partial charge is 0.251 e. The van der Waals surface area contributed by atoms with E-state index >= 15 is 0 Å². The molecule has 1 amide bonds. The molecule has 192 valence electrons. The van der Waals surface area contributed by atoms with Crippen LogP contribution in [0.25, 0.3) is 11.0 Å². The summed E-state index contributed by atoms with van der Waals surface area (Å²) < 4.78 is 8.12. The summed E-state index contributed by atoms with van der Waals surface area (Å²) in [5.41, 5.74) is 9.02. The highest BCUT2D eigenvalue weighted by Crippen LogP contribution is 2.31. The van der Waals surface area contributed by atoms with Gasteiger partial charge < -0.3 is 26.0 Å². The van der Waals surface area contributed by atoms with Crippen LogP contribution < -0.4 is 21.1 Å². The van der Waals surface area contributed by atoms with Crippen molar-refractivity contribution in [2.24, 2.45) is 0 Å². The fraction of sp³-hybridized carbons (Fsp3) is 0.538. The Morgan fingerprint density at radius 1 is 1.19 bits per heavy atom. The Bertz CT molecular complexity index is 1210. The fourth-order valence-electron chi connectivity index (χ4n) is 4.53. The molecule has 5 rings (SSSR count). The van der Waals surface area contributed by atoms with Gasteiger partial charge in [-0.25, -0.2) is 4.98 Å². The van der Waals surface area contributed by atoms with Crippen molar-refractivity contribution in [2.75, 3.05) is 37.7 Å². The van der Waals surface area contributed by atoms with Gasteiger partial charge in [-0.15, -0.1) is 0 Å². The maximum atomic E-state index is 13.0. The highest BCUT2D eigenvalue weighted by molar-refractivity contribution is 5.95. The van der Waals surface area contributed by atoms with Crippen molar-refractivity contribution in [3.63, 3.8) is 0 Å². The third-order valence-electron chi connectivity index (χ3n) is 6.85. The number of nitrogens with zero attached hydrogens (tertiary/aromatic N) is 5. The van der Waals surface area contributed by atoms with Crippen molar-refractivity contribution in [3.05, 3.63) is 35.5 Å². The molecule has 1 aliphatic heterocycles. The van der Waals surface area contributed by atoms with Gasteiger partial charge in [0.25, 0.3) is 5.91 Å². The molecular formula is C26H36N8O2. The Labute approximate surface area is 211 Å². The van der Waals surface area contributed by atoms with Crippen molar-refractivity contribution >= 4 is 28.7 Å².